The van der Waals surface area contributed by atoms with Crippen molar-refractivity contribution in [3.63, 3.8) is 0 Å². The van der Waals surface area contributed by atoms with Crippen molar-refractivity contribution in [2.24, 2.45) is 11.3 Å². The molecule has 3 unspecified atom stereocenters. The number of esters is 1. The zero-order valence-electron chi connectivity index (χ0n) is 24.0. The molecule has 0 spiro atoms. The van der Waals surface area contributed by atoms with Gasteiger partial charge in [-0.25, -0.2) is 16.8 Å². The second-order valence-electron chi connectivity index (χ2n) is 9.90. The van der Waals surface area contributed by atoms with Gasteiger partial charge in [-0.3, -0.25) is 9.59 Å². The van der Waals surface area contributed by atoms with Gasteiger partial charge in [-0.15, -0.1) is 0 Å². The van der Waals surface area contributed by atoms with E-state index in [0.29, 0.717) is 12.0 Å². The van der Waals surface area contributed by atoms with Gasteiger partial charge in [-0.2, -0.15) is 13.2 Å². The monoisotopic (exact) mass is 737 g/mol. The number of nitrogens with zero attached hydrogens (tertiary/aromatic N) is 1. The summed E-state index contributed by atoms with van der Waals surface area (Å²) in [6, 6.07) is 4.32. The molecule has 47 heavy (non-hydrogen) atoms. The number of aliphatic hydroxyl groups is 1. The molecule has 0 bridgehead atoms. The molecule has 0 radical (unpaired) electrons. The maximum absolute atomic E-state index is 13.1. The van der Waals surface area contributed by atoms with Crippen LogP contribution in [0.2, 0.25) is 13.1 Å². The second-order valence-corrected chi connectivity index (χ2v) is 16.7. The Morgan fingerprint density at radius 3 is 1.81 bits per heavy atom. The fourth-order valence-electron chi connectivity index (χ4n) is 3.84. The third-order valence-electron chi connectivity index (χ3n) is 6.17. The van der Waals surface area contributed by atoms with Crippen molar-refractivity contribution in [3.8, 4) is 0 Å². The molecule has 0 amide bonds. The van der Waals surface area contributed by atoms with Crippen LogP contribution in [0, 0.1) is 11.3 Å². The molecule has 1 aromatic carbocycles. The van der Waals surface area contributed by atoms with E-state index in [9.17, 15) is 39.6 Å². The van der Waals surface area contributed by atoms with Crippen LogP contribution in [-0.2, 0) is 43.2 Å². The van der Waals surface area contributed by atoms with Gasteiger partial charge < -0.3 is 22.8 Å². The van der Waals surface area contributed by atoms with E-state index < -0.39 is 74.8 Å². The molecule has 0 aliphatic rings. The van der Waals surface area contributed by atoms with Gasteiger partial charge >= 0.3 is 38.9 Å². The Morgan fingerprint density at radius 2 is 1.43 bits per heavy atom. The van der Waals surface area contributed by atoms with Crippen LogP contribution in [0.4, 0.5) is 13.2 Å². The van der Waals surface area contributed by atoms with Crippen molar-refractivity contribution in [2.45, 2.75) is 114 Å². The fraction of sp³-hybridized carbons (Fsp3) is 0.724. The number of hydrogen-bond acceptors (Lipinski definition) is 10. The molecule has 0 aliphatic carbocycles. The maximum atomic E-state index is 13.1. The first-order chi connectivity index (χ1) is 18.1. The summed E-state index contributed by atoms with van der Waals surface area (Å²) in [6.07, 6.45) is 0.442. The van der Waals surface area contributed by atoms with Gasteiger partial charge in [-0.05, 0) is 62.9 Å². The third kappa shape index (κ3) is 17.7. The molecule has 11 nitrogen and oxygen atoms in total. The molecule has 0 aromatic heterocycles. The Labute approximate surface area is 296 Å². The number of halogens is 3. The van der Waals surface area contributed by atoms with Gasteiger partial charge in [0.2, 0.25) is 0 Å². The zero-order valence-corrected chi connectivity index (χ0v) is 26.7. The van der Waals surface area contributed by atoms with E-state index in [0.717, 1.165) is 12.1 Å². The van der Waals surface area contributed by atoms with Crippen LogP contribution in [0.15, 0.2) is 29.2 Å². The molecular formula is C29H59F3LiNO10S2Si. The summed E-state index contributed by atoms with van der Waals surface area (Å²) in [4.78, 5) is 25.2. The van der Waals surface area contributed by atoms with Crippen LogP contribution in [0.3, 0.4) is 0 Å². The molecule has 1 N–H and O–H groups in total. The molecule has 0 heterocycles. The van der Waals surface area contributed by atoms with E-state index in [1.54, 1.807) is 33.9 Å². The number of ether oxygens (including phenoxy) is 1. The molecule has 278 valence electrons. The second kappa shape index (κ2) is 23.8. The van der Waals surface area contributed by atoms with Crippen molar-refractivity contribution < 1.29 is 77.2 Å². The number of benzene rings is 1. The van der Waals surface area contributed by atoms with Gasteiger partial charge in [-0.1, -0.05) is 70.5 Å². The number of aliphatic hydroxyl groups excluding tert-OH is 1. The Bertz CT molecular complexity index is 1250. The smallest absolute Gasteiger partial charge is 0.494 e. The molecule has 0 aliphatic heterocycles. The molecule has 0 fully saturated rings. The maximum Gasteiger partial charge on any atom is 1.00 e. The van der Waals surface area contributed by atoms with Crippen molar-refractivity contribution in [2.75, 3.05) is 20.3 Å². The van der Waals surface area contributed by atoms with Crippen LogP contribution in [0.1, 0.15) is 96.1 Å². The first-order valence-electron chi connectivity index (χ1n) is 12.1. The van der Waals surface area contributed by atoms with Crippen LogP contribution in [0.5, 0.6) is 0 Å². The first kappa shape index (κ1) is 60.8. The van der Waals surface area contributed by atoms with Gasteiger partial charge in [0.05, 0.1) is 17.9 Å². The Kier molecular flexibility index (Phi) is 30.8. The SMILES string of the molecule is C.C.C.C.C.C.CCC(CC(C)(CC(C)c1ccc(S(=O)(=O)[N-]S(=O)(=O)C(F)(F)F)cc1)C(=O)OCCO)C(=O)O[Si](C)(C)OC.[Li+]. The van der Waals surface area contributed by atoms with Crippen LogP contribution >= 0.6 is 0 Å². The van der Waals surface area contributed by atoms with Crippen molar-refractivity contribution in [1.29, 1.82) is 0 Å². The quantitative estimate of drug-likeness (QED) is 0.196. The summed E-state index contributed by atoms with van der Waals surface area (Å²) in [6.45, 7) is 7.70. The zero-order chi connectivity index (χ0) is 31.2. The topological polar surface area (TPSA) is 164 Å². The van der Waals surface area contributed by atoms with Gasteiger partial charge in [0.15, 0.2) is 10.0 Å². The first-order valence-corrected chi connectivity index (χ1v) is 17.8. The van der Waals surface area contributed by atoms with Crippen LogP contribution < -0.4 is 18.9 Å². The number of alkyl halides is 3. The van der Waals surface area contributed by atoms with Gasteiger partial charge in [0.25, 0.3) is 5.97 Å². The number of carbonyl (C=O) groups excluding carboxylic acids is 2. The van der Waals surface area contributed by atoms with E-state index in [1.165, 1.54) is 19.2 Å². The fourth-order valence-corrected chi connectivity index (χ4v) is 6.77. The average molecular weight is 738 g/mol. The van der Waals surface area contributed by atoms with Crippen molar-refractivity contribution >= 4 is 40.5 Å². The molecule has 3 atom stereocenters. The molecular weight excluding hydrogens is 678 g/mol. The van der Waals surface area contributed by atoms with Gasteiger partial charge in [0.1, 0.15) is 16.6 Å². The summed E-state index contributed by atoms with van der Waals surface area (Å²) in [5, 5.41) is 9.10. The van der Waals surface area contributed by atoms with Gasteiger partial charge in [0, 0.05) is 12.0 Å². The van der Waals surface area contributed by atoms with Crippen LogP contribution in [-0.4, -0.2) is 68.3 Å². The molecule has 18 heteroatoms. The van der Waals surface area contributed by atoms with E-state index in [1.807, 2.05) is 4.13 Å². The summed E-state index contributed by atoms with van der Waals surface area (Å²) in [7, 11) is -12.8. The number of rotatable bonds is 15. The number of carbonyl (C=O) groups is 2. The predicted octanol–water partition coefficient (Wildman–Crippen LogP) is 4.76. The summed E-state index contributed by atoms with van der Waals surface area (Å²) < 4.78 is 103. The standard InChI is InChI=1S/C23H35F3NO10S2Si.6CH4.Li/c1-7-17(20(29)37-40(5,6)35-4)15-22(3,21(30)36-13-12-28)14-16(2)18-8-10-19(11-9-18)38(31,32)27-39(33,34)23(24,25)26;;;;;;;/h8-11,16-17,28H,7,12-15H2,1-6H3;6*1H4;/q-1;;;;;;;+1. The summed E-state index contributed by atoms with van der Waals surface area (Å²) in [5.74, 6) is -2.40. The Balaban J connectivity index is -0.000000457. The Morgan fingerprint density at radius 1 is 0.957 bits per heavy atom. The molecule has 1 rings (SSSR count). The van der Waals surface area contributed by atoms with Crippen molar-refractivity contribution in [3.05, 3.63) is 34.0 Å². The number of sulfonamides is 2. The largest absolute Gasteiger partial charge is 1.00 e. The Hall–Kier alpha value is -1.46. The predicted molar refractivity (Wildman–Crippen MR) is 181 cm³/mol. The minimum Gasteiger partial charge on any atom is -0.494 e. The molecule has 0 saturated carbocycles. The van der Waals surface area contributed by atoms with Crippen LogP contribution in [0.25, 0.3) is 4.13 Å². The molecule has 0 saturated heterocycles. The average Bonchev–Trinajstić information content (AvgIpc) is 2.84. The van der Waals surface area contributed by atoms with Crippen molar-refractivity contribution in [1.82, 2.24) is 0 Å². The van der Waals surface area contributed by atoms with E-state index in [-0.39, 0.29) is 82.9 Å². The third-order valence-corrected chi connectivity index (χ3v) is 10.9. The van der Waals surface area contributed by atoms with E-state index in [4.69, 9.17) is 18.7 Å². The van der Waals surface area contributed by atoms with E-state index in [2.05, 4.69) is 0 Å². The molecule has 1 aromatic rings. The normalized spacial score (nSPS) is 13.7. The minimum atomic E-state index is -6.28. The summed E-state index contributed by atoms with van der Waals surface area (Å²) in [5.41, 5.74) is -6.69. The minimum absolute atomic E-state index is 0. The number of hydrogen-bond donors (Lipinski definition) is 1. The summed E-state index contributed by atoms with van der Waals surface area (Å²) >= 11 is 0. The van der Waals surface area contributed by atoms with E-state index >= 15 is 0 Å².